The average molecular weight is 167 g/mol. The SMILES string of the molecule is CN1CCCC2CCCC(=O)C21. The van der Waals surface area contributed by atoms with Gasteiger partial charge in [0.15, 0.2) is 0 Å². The number of likely N-dealkylation sites (tertiary alicyclic amines) is 1. The number of piperidine rings is 1. The summed E-state index contributed by atoms with van der Waals surface area (Å²) in [6.45, 7) is 1.12. The quantitative estimate of drug-likeness (QED) is 0.544. The predicted molar refractivity (Wildman–Crippen MR) is 48.0 cm³/mol. The molecular formula is C10H17NO. The van der Waals surface area contributed by atoms with Crippen LogP contribution in [0.15, 0.2) is 0 Å². The van der Waals surface area contributed by atoms with E-state index in [4.69, 9.17) is 0 Å². The number of carbonyl (C=O) groups is 1. The first kappa shape index (κ1) is 8.24. The number of rotatable bonds is 0. The van der Waals surface area contributed by atoms with Crippen LogP contribution in [0.2, 0.25) is 0 Å². The van der Waals surface area contributed by atoms with Crippen LogP contribution >= 0.6 is 0 Å². The van der Waals surface area contributed by atoms with E-state index < -0.39 is 0 Å². The summed E-state index contributed by atoms with van der Waals surface area (Å²) in [4.78, 5) is 13.9. The van der Waals surface area contributed by atoms with Crippen LogP contribution in [0.25, 0.3) is 0 Å². The molecule has 2 unspecified atom stereocenters. The highest BCUT2D eigenvalue weighted by Crippen LogP contribution is 2.32. The summed E-state index contributed by atoms with van der Waals surface area (Å²) in [5.74, 6) is 1.18. The largest absolute Gasteiger partial charge is 0.298 e. The second kappa shape index (κ2) is 3.17. The number of nitrogens with zero attached hydrogens (tertiary/aromatic N) is 1. The van der Waals surface area contributed by atoms with Gasteiger partial charge in [-0.2, -0.15) is 0 Å². The lowest BCUT2D eigenvalue weighted by Crippen LogP contribution is -2.49. The highest BCUT2D eigenvalue weighted by Gasteiger charge is 2.36. The molecule has 0 aromatic rings. The normalized spacial score (nSPS) is 37.9. The molecule has 2 atom stereocenters. The molecule has 1 saturated carbocycles. The summed E-state index contributed by atoms with van der Waals surface area (Å²) in [7, 11) is 2.10. The predicted octanol–water partition coefficient (Wildman–Crippen LogP) is 1.45. The van der Waals surface area contributed by atoms with Crippen LogP contribution in [0.3, 0.4) is 0 Å². The maximum Gasteiger partial charge on any atom is 0.150 e. The number of Topliss-reactive ketones (excluding diaryl/α,β-unsaturated/α-hetero) is 1. The summed E-state index contributed by atoms with van der Waals surface area (Å²) in [6.07, 6.45) is 5.80. The molecule has 0 bridgehead atoms. The minimum Gasteiger partial charge on any atom is -0.298 e. The Morgan fingerprint density at radius 3 is 2.83 bits per heavy atom. The smallest absolute Gasteiger partial charge is 0.150 e. The van der Waals surface area contributed by atoms with E-state index in [1.165, 1.54) is 19.3 Å². The standard InChI is InChI=1S/C10H17NO/c1-11-7-3-5-8-4-2-6-9(12)10(8)11/h8,10H,2-7H2,1H3. The number of hydrogen-bond acceptors (Lipinski definition) is 2. The number of ketones is 1. The Bertz CT molecular complexity index is 188. The Kier molecular flexibility index (Phi) is 2.18. The zero-order valence-corrected chi connectivity index (χ0v) is 7.75. The zero-order valence-electron chi connectivity index (χ0n) is 7.75. The van der Waals surface area contributed by atoms with Crippen molar-refractivity contribution in [2.24, 2.45) is 5.92 Å². The van der Waals surface area contributed by atoms with Gasteiger partial charge in [-0.1, -0.05) is 0 Å². The van der Waals surface area contributed by atoms with Crippen molar-refractivity contribution in [1.82, 2.24) is 4.90 Å². The van der Waals surface area contributed by atoms with E-state index in [1.54, 1.807) is 0 Å². The molecule has 1 aliphatic heterocycles. The van der Waals surface area contributed by atoms with E-state index >= 15 is 0 Å². The van der Waals surface area contributed by atoms with Crippen LogP contribution in [0.4, 0.5) is 0 Å². The van der Waals surface area contributed by atoms with Crippen LogP contribution < -0.4 is 0 Å². The summed E-state index contributed by atoms with van der Waals surface area (Å²) in [5.41, 5.74) is 0. The van der Waals surface area contributed by atoms with Crippen molar-refractivity contribution < 1.29 is 4.79 Å². The first-order valence-electron chi connectivity index (χ1n) is 5.02. The first-order valence-corrected chi connectivity index (χ1v) is 5.02. The van der Waals surface area contributed by atoms with Gasteiger partial charge in [-0.05, 0) is 45.2 Å². The van der Waals surface area contributed by atoms with Gasteiger partial charge in [0.1, 0.15) is 5.78 Å². The minimum atomic E-state index is 0.285. The molecule has 1 heterocycles. The van der Waals surface area contributed by atoms with E-state index in [1.807, 2.05) is 0 Å². The molecule has 0 amide bonds. The van der Waals surface area contributed by atoms with Gasteiger partial charge in [0.2, 0.25) is 0 Å². The summed E-state index contributed by atoms with van der Waals surface area (Å²) in [6, 6.07) is 0.285. The van der Waals surface area contributed by atoms with Crippen molar-refractivity contribution in [2.75, 3.05) is 13.6 Å². The molecule has 2 aliphatic rings. The lowest BCUT2D eigenvalue weighted by atomic mass is 9.78. The Morgan fingerprint density at radius 1 is 1.33 bits per heavy atom. The Balaban J connectivity index is 2.12. The molecule has 2 fully saturated rings. The van der Waals surface area contributed by atoms with Gasteiger partial charge in [0, 0.05) is 6.42 Å². The van der Waals surface area contributed by atoms with E-state index in [2.05, 4.69) is 11.9 Å². The van der Waals surface area contributed by atoms with Crippen molar-refractivity contribution >= 4 is 5.78 Å². The van der Waals surface area contributed by atoms with Crippen LogP contribution in [-0.4, -0.2) is 30.3 Å². The molecule has 1 aliphatic carbocycles. The number of carbonyl (C=O) groups excluding carboxylic acids is 1. The van der Waals surface area contributed by atoms with Crippen LogP contribution in [-0.2, 0) is 4.79 Å². The molecule has 0 aromatic heterocycles. The summed E-state index contributed by atoms with van der Waals surface area (Å²) >= 11 is 0. The first-order chi connectivity index (χ1) is 5.79. The van der Waals surface area contributed by atoms with Gasteiger partial charge < -0.3 is 0 Å². The molecule has 68 valence electrons. The molecule has 0 N–H and O–H groups in total. The monoisotopic (exact) mass is 167 g/mol. The van der Waals surface area contributed by atoms with Gasteiger partial charge >= 0.3 is 0 Å². The fourth-order valence-electron chi connectivity index (χ4n) is 2.76. The maximum atomic E-state index is 11.6. The molecule has 12 heavy (non-hydrogen) atoms. The number of fused-ring (bicyclic) bond motifs is 1. The highest BCUT2D eigenvalue weighted by molar-refractivity contribution is 5.85. The van der Waals surface area contributed by atoms with Crippen LogP contribution in [0.5, 0.6) is 0 Å². The van der Waals surface area contributed by atoms with E-state index in [9.17, 15) is 4.79 Å². The third kappa shape index (κ3) is 1.28. The van der Waals surface area contributed by atoms with Crippen molar-refractivity contribution in [3.63, 3.8) is 0 Å². The molecule has 2 heteroatoms. The molecule has 0 radical (unpaired) electrons. The zero-order chi connectivity index (χ0) is 8.55. The fourth-order valence-corrected chi connectivity index (χ4v) is 2.76. The lowest BCUT2D eigenvalue weighted by Gasteiger charge is -2.40. The Hall–Kier alpha value is -0.370. The molecule has 1 saturated heterocycles. The number of hydrogen-bond donors (Lipinski definition) is 0. The van der Waals surface area contributed by atoms with Gasteiger partial charge in [0.05, 0.1) is 6.04 Å². The second-order valence-electron chi connectivity index (χ2n) is 4.19. The third-order valence-corrected chi connectivity index (χ3v) is 3.34. The topological polar surface area (TPSA) is 20.3 Å². The van der Waals surface area contributed by atoms with Crippen molar-refractivity contribution in [3.05, 3.63) is 0 Å². The van der Waals surface area contributed by atoms with Gasteiger partial charge in [0.25, 0.3) is 0 Å². The Labute approximate surface area is 73.9 Å². The van der Waals surface area contributed by atoms with E-state index in [0.29, 0.717) is 11.7 Å². The summed E-state index contributed by atoms with van der Waals surface area (Å²) in [5, 5.41) is 0. The molecule has 0 aromatic carbocycles. The van der Waals surface area contributed by atoms with Gasteiger partial charge in [-0.15, -0.1) is 0 Å². The molecule has 2 nitrogen and oxygen atoms in total. The fraction of sp³-hybridized carbons (Fsp3) is 0.900. The maximum absolute atomic E-state index is 11.6. The third-order valence-electron chi connectivity index (χ3n) is 3.34. The average Bonchev–Trinajstić information content (AvgIpc) is 2.04. The molecule has 0 spiro atoms. The minimum absolute atomic E-state index is 0.285. The number of likely N-dealkylation sites (N-methyl/N-ethyl adjacent to an activating group) is 1. The lowest BCUT2D eigenvalue weighted by molar-refractivity contribution is -0.129. The van der Waals surface area contributed by atoms with Crippen molar-refractivity contribution in [1.29, 1.82) is 0 Å². The van der Waals surface area contributed by atoms with Crippen molar-refractivity contribution in [3.8, 4) is 0 Å². The van der Waals surface area contributed by atoms with E-state index in [-0.39, 0.29) is 6.04 Å². The molecule has 2 rings (SSSR count). The van der Waals surface area contributed by atoms with Gasteiger partial charge in [-0.3, -0.25) is 9.69 Å². The summed E-state index contributed by atoms with van der Waals surface area (Å²) < 4.78 is 0. The van der Waals surface area contributed by atoms with Crippen molar-refractivity contribution in [2.45, 2.75) is 38.1 Å². The Morgan fingerprint density at radius 2 is 2.08 bits per heavy atom. The van der Waals surface area contributed by atoms with E-state index in [0.717, 1.165) is 19.4 Å². The van der Waals surface area contributed by atoms with Gasteiger partial charge in [-0.25, -0.2) is 0 Å². The van der Waals surface area contributed by atoms with Crippen LogP contribution in [0.1, 0.15) is 32.1 Å². The van der Waals surface area contributed by atoms with Crippen LogP contribution in [0, 0.1) is 5.92 Å². The second-order valence-corrected chi connectivity index (χ2v) is 4.19. The highest BCUT2D eigenvalue weighted by atomic mass is 16.1. The molecular weight excluding hydrogens is 150 g/mol.